The summed E-state index contributed by atoms with van der Waals surface area (Å²) in [6.45, 7) is 4.77. The number of rotatable bonds is 9. The molecule has 0 spiro atoms. The summed E-state index contributed by atoms with van der Waals surface area (Å²) < 4.78 is 66.7. The van der Waals surface area contributed by atoms with E-state index in [-0.39, 0.29) is 28.8 Å². The van der Waals surface area contributed by atoms with E-state index >= 15 is 0 Å². The Morgan fingerprint density at radius 3 is 2.57 bits per heavy atom. The Hall–Kier alpha value is -3.48. The summed E-state index contributed by atoms with van der Waals surface area (Å²) in [5, 5.41) is 4.78. The fraction of sp³-hybridized carbons (Fsp3) is 0.318. The number of hydrogen-bond donors (Lipinski definition) is 2. The molecule has 35 heavy (non-hydrogen) atoms. The van der Waals surface area contributed by atoms with E-state index in [1.54, 1.807) is 31.5 Å². The van der Waals surface area contributed by atoms with E-state index < -0.39 is 19.5 Å². The zero-order valence-electron chi connectivity index (χ0n) is 19.4. The Kier molecular flexibility index (Phi) is 8.79. The predicted octanol–water partition coefficient (Wildman–Crippen LogP) is 6.19. The van der Waals surface area contributed by atoms with Crippen molar-refractivity contribution < 1.29 is 27.0 Å². The third-order valence-electron chi connectivity index (χ3n) is 4.59. The highest BCUT2D eigenvalue weighted by atomic mass is 32.2. The minimum atomic E-state index is -2.68. The van der Waals surface area contributed by atoms with E-state index in [4.69, 9.17) is 9.47 Å². The Morgan fingerprint density at radius 1 is 1.17 bits per heavy atom. The summed E-state index contributed by atoms with van der Waals surface area (Å²) in [6.07, 6.45) is -0.569. The predicted molar refractivity (Wildman–Crippen MR) is 126 cm³/mol. The van der Waals surface area contributed by atoms with Crippen molar-refractivity contribution in [3.05, 3.63) is 48.0 Å². The number of aromatic amines is 1. The lowest BCUT2D eigenvalue weighted by Gasteiger charge is -2.13. The van der Waals surface area contributed by atoms with E-state index in [0.29, 0.717) is 21.5 Å². The van der Waals surface area contributed by atoms with Crippen LogP contribution in [0.25, 0.3) is 16.6 Å². The van der Waals surface area contributed by atoms with E-state index in [9.17, 15) is 17.6 Å². The molecule has 1 aromatic carbocycles. The summed E-state index contributed by atoms with van der Waals surface area (Å²) in [7, 11) is 1.34. The van der Waals surface area contributed by atoms with Crippen molar-refractivity contribution in [1.29, 1.82) is 0 Å². The number of H-pyrrole nitrogens is 1. The molecule has 0 radical (unpaired) electrons. The first-order chi connectivity index (χ1) is 16.9. The number of aromatic nitrogens is 5. The maximum atomic E-state index is 13.6. The van der Waals surface area contributed by atoms with Gasteiger partial charge in [-0.2, -0.15) is 10.1 Å². The molecule has 0 bridgehead atoms. The minimum Gasteiger partial charge on any atom is -0.480 e. The molecule has 0 saturated heterocycles. The molecule has 3 heterocycles. The van der Waals surface area contributed by atoms with Crippen molar-refractivity contribution in [1.82, 2.24) is 24.7 Å². The van der Waals surface area contributed by atoms with E-state index in [1.165, 1.54) is 24.1 Å². The van der Waals surface area contributed by atoms with Gasteiger partial charge in [0.15, 0.2) is 0 Å². The molecule has 2 N–H and O–H groups in total. The van der Waals surface area contributed by atoms with Gasteiger partial charge in [0.2, 0.25) is 11.7 Å². The molecule has 3 aromatic heterocycles. The molecule has 0 aliphatic heterocycles. The molecular formula is C22H24F4N6O2S. The fourth-order valence-electron chi connectivity index (χ4n) is 3.22. The number of anilines is 1. The van der Waals surface area contributed by atoms with Crippen LogP contribution < -0.4 is 14.2 Å². The summed E-state index contributed by atoms with van der Waals surface area (Å²) in [6, 6.07) is 4.61. The molecule has 0 fully saturated rings. The highest BCUT2D eigenvalue weighted by Crippen LogP contribution is 2.37. The first-order valence-corrected chi connectivity index (χ1v) is 11.4. The molecule has 188 valence electrons. The smallest absolute Gasteiger partial charge is 0.272 e. The van der Waals surface area contributed by atoms with Gasteiger partial charge in [-0.25, -0.2) is 27.2 Å². The number of nitrogens with zero attached hydrogens (tertiary/aromatic N) is 4. The lowest BCUT2D eigenvalue weighted by atomic mass is 10.1. The number of aryl methyl sites for hydroxylation is 1. The number of ether oxygens (including phenoxy) is 2. The van der Waals surface area contributed by atoms with Crippen LogP contribution in [0.3, 0.4) is 0 Å². The first-order valence-electron chi connectivity index (χ1n) is 10.6. The van der Waals surface area contributed by atoms with Crippen molar-refractivity contribution in [3.63, 3.8) is 0 Å². The summed E-state index contributed by atoms with van der Waals surface area (Å²) >= 11 is 1.14. The van der Waals surface area contributed by atoms with Gasteiger partial charge in [0.25, 0.3) is 18.7 Å². The molecule has 0 unspecified atom stereocenters. The van der Waals surface area contributed by atoms with Gasteiger partial charge in [0, 0.05) is 29.5 Å². The number of nitrogens with one attached hydrogen (secondary N) is 2. The molecule has 0 aliphatic carbocycles. The molecular weight excluding hydrogens is 488 g/mol. The van der Waals surface area contributed by atoms with Gasteiger partial charge in [-0.15, -0.1) is 0 Å². The molecule has 4 rings (SSSR count). The van der Waals surface area contributed by atoms with Gasteiger partial charge >= 0.3 is 0 Å². The van der Waals surface area contributed by atoms with Crippen LogP contribution in [0.2, 0.25) is 0 Å². The monoisotopic (exact) mass is 512 g/mol. The summed E-state index contributed by atoms with van der Waals surface area (Å²) in [4.78, 5) is 12.1. The lowest BCUT2D eigenvalue weighted by molar-refractivity contribution is 0.0795. The SMILES string of the molecule is CC.COc1nc(NSc2c[nH]c3c(-n4cccn4)c(C(F)F)ccc23)nc(C)c1OCC(F)F. The van der Waals surface area contributed by atoms with E-state index in [1.807, 2.05) is 13.8 Å². The van der Waals surface area contributed by atoms with Gasteiger partial charge in [-0.3, -0.25) is 4.72 Å². The van der Waals surface area contributed by atoms with Crippen LogP contribution >= 0.6 is 11.9 Å². The highest BCUT2D eigenvalue weighted by Gasteiger charge is 2.21. The molecule has 8 nitrogen and oxygen atoms in total. The van der Waals surface area contributed by atoms with Gasteiger partial charge < -0.3 is 14.5 Å². The zero-order chi connectivity index (χ0) is 25.5. The van der Waals surface area contributed by atoms with E-state index in [0.717, 1.165) is 11.9 Å². The Labute approximate surface area is 203 Å². The Balaban J connectivity index is 0.00000167. The van der Waals surface area contributed by atoms with Gasteiger partial charge in [-0.05, 0) is 24.9 Å². The van der Waals surface area contributed by atoms with Crippen LogP contribution in [-0.2, 0) is 0 Å². The maximum Gasteiger partial charge on any atom is 0.272 e. The number of halogens is 4. The van der Waals surface area contributed by atoms with Crippen molar-refractivity contribution >= 4 is 28.8 Å². The average molecular weight is 513 g/mol. The number of alkyl halides is 4. The first kappa shape index (κ1) is 26.1. The number of benzene rings is 1. The van der Waals surface area contributed by atoms with Gasteiger partial charge in [0.05, 0.1) is 28.9 Å². The lowest BCUT2D eigenvalue weighted by Crippen LogP contribution is -2.11. The van der Waals surface area contributed by atoms with Crippen molar-refractivity contribution in [2.24, 2.45) is 0 Å². The Bertz CT molecular complexity index is 1250. The van der Waals surface area contributed by atoms with Crippen molar-refractivity contribution in [2.45, 2.75) is 38.5 Å². The Morgan fingerprint density at radius 2 is 1.94 bits per heavy atom. The standard InChI is InChI=1S/C20H18F4N6O2S.C2H6/c1-10-17(32-9-14(21)22)19(31-2)28-20(27-10)29-33-13-8-25-15-11(13)4-5-12(18(23)24)16(15)30-7-3-6-26-30;1-2/h3-8,14,18,25H,9H2,1-2H3,(H,27,28,29);1-2H3. The maximum absolute atomic E-state index is 13.6. The number of methoxy groups -OCH3 is 1. The van der Waals surface area contributed by atoms with Gasteiger partial charge in [-0.1, -0.05) is 26.0 Å². The molecule has 13 heteroatoms. The van der Waals surface area contributed by atoms with Crippen LogP contribution in [0.4, 0.5) is 23.5 Å². The van der Waals surface area contributed by atoms with Crippen LogP contribution in [0.1, 0.15) is 31.5 Å². The van der Waals surface area contributed by atoms with Crippen molar-refractivity contribution in [3.8, 4) is 17.3 Å². The highest BCUT2D eigenvalue weighted by molar-refractivity contribution is 8.00. The topological polar surface area (TPSA) is 89.9 Å². The number of hydrogen-bond acceptors (Lipinski definition) is 7. The molecule has 4 aromatic rings. The van der Waals surface area contributed by atoms with Crippen molar-refractivity contribution in [2.75, 3.05) is 18.4 Å². The van der Waals surface area contributed by atoms with E-state index in [2.05, 4.69) is 24.8 Å². The second kappa shape index (κ2) is 11.8. The fourth-order valence-corrected chi connectivity index (χ4v) is 3.91. The third kappa shape index (κ3) is 5.78. The average Bonchev–Trinajstić information content (AvgIpc) is 3.52. The quantitative estimate of drug-likeness (QED) is 0.204. The normalized spacial score (nSPS) is 11.0. The molecule has 0 aliphatic rings. The minimum absolute atomic E-state index is 0.00715. The summed E-state index contributed by atoms with van der Waals surface area (Å²) in [5.74, 6) is 0.196. The van der Waals surface area contributed by atoms with Crippen LogP contribution in [-0.4, -0.2) is 44.9 Å². The number of fused-ring (bicyclic) bond motifs is 1. The van der Waals surface area contributed by atoms with Gasteiger partial charge in [0.1, 0.15) is 6.61 Å². The molecule has 0 atom stereocenters. The zero-order valence-corrected chi connectivity index (χ0v) is 20.2. The summed E-state index contributed by atoms with van der Waals surface area (Å²) in [5.41, 5.74) is 0.910. The third-order valence-corrected chi connectivity index (χ3v) is 5.44. The molecule has 0 saturated carbocycles. The largest absolute Gasteiger partial charge is 0.480 e. The van der Waals surface area contributed by atoms with Crippen LogP contribution in [0.5, 0.6) is 11.6 Å². The van der Waals surface area contributed by atoms with Crippen LogP contribution in [0.15, 0.2) is 41.7 Å². The second-order valence-electron chi connectivity index (χ2n) is 6.71. The van der Waals surface area contributed by atoms with Crippen LogP contribution in [0, 0.1) is 6.92 Å². The molecule has 0 amide bonds. The second-order valence-corrected chi connectivity index (χ2v) is 7.56.